The number of carbonyl (C=O) groups excluding carboxylic acids is 2. The number of hydrogen-bond donors (Lipinski definition) is 2. The number of aromatic amines is 1. The van der Waals surface area contributed by atoms with E-state index < -0.39 is 0 Å². The fourth-order valence-electron chi connectivity index (χ4n) is 5.41. The molecular weight excluding hydrogens is 388 g/mol. The number of nitrogens with one attached hydrogen (secondary N) is 2. The van der Waals surface area contributed by atoms with Gasteiger partial charge >= 0.3 is 0 Å². The van der Waals surface area contributed by atoms with Gasteiger partial charge in [-0.25, -0.2) is 0 Å². The first-order valence-electron chi connectivity index (χ1n) is 11.6. The smallest absolute Gasteiger partial charge is 0.251 e. The second-order valence-corrected chi connectivity index (χ2v) is 10.2. The zero-order chi connectivity index (χ0) is 21.8. The summed E-state index contributed by atoms with van der Waals surface area (Å²) < 4.78 is 0. The van der Waals surface area contributed by atoms with Crippen LogP contribution in [0.1, 0.15) is 84.1 Å². The fraction of sp³-hybridized carbons (Fsp3) is 0.560. The lowest BCUT2D eigenvalue weighted by atomic mass is 9.97. The molecule has 6 heteroatoms. The average Bonchev–Trinajstić information content (AvgIpc) is 3.08. The zero-order valence-electron chi connectivity index (χ0n) is 18.7. The largest absolute Gasteiger partial charge is 0.350 e. The van der Waals surface area contributed by atoms with E-state index >= 15 is 0 Å². The molecule has 1 aliphatic heterocycles. The van der Waals surface area contributed by atoms with Crippen LogP contribution in [-0.2, 0) is 11.2 Å². The first kappa shape index (κ1) is 20.3. The molecule has 2 heterocycles. The van der Waals surface area contributed by atoms with Crippen LogP contribution in [0.15, 0.2) is 24.4 Å². The minimum Gasteiger partial charge on any atom is -0.350 e. The molecule has 1 saturated carbocycles. The van der Waals surface area contributed by atoms with E-state index in [1.54, 1.807) is 0 Å². The Morgan fingerprint density at radius 2 is 2.13 bits per heavy atom. The molecule has 31 heavy (non-hydrogen) atoms. The zero-order valence-corrected chi connectivity index (χ0v) is 18.7. The van der Waals surface area contributed by atoms with Crippen LogP contribution in [0.25, 0.3) is 0 Å². The van der Waals surface area contributed by atoms with Crippen molar-refractivity contribution in [1.82, 2.24) is 20.4 Å². The first-order valence-corrected chi connectivity index (χ1v) is 11.6. The number of likely N-dealkylation sites (tertiary alicyclic amines) is 1. The van der Waals surface area contributed by atoms with Crippen LogP contribution in [-0.4, -0.2) is 46.0 Å². The number of aryl methyl sites for hydroxylation is 2. The van der Waals surface area contributed by atoms with Crippen molar-refractivity contribution in [2.45, 2.75) is 70.8 Å². The molecule has 2 aliphatic carbocycles. The molecule has 0 radical (unpaired) electrons. The van der Waals surface area contributed by atoms with Gasteiger partial charge in [0.1, 0.15) is 0 Å². The van der Waals surface area contributed by atoms with Crippen LogP contribution in [0.5, 0.6) is 0 Å². The second kappa shape index (κ2) is 7.50. The normalized spacial score (nSPS) is 23.4. The molecule has 1 aromatic carbocycles. The second-order valence-electron chi connectivity index (χ2n) is 10.2. The van der Waals surface area contributed by atoms with E-state index in [0.717, 1.165) is 42.6 Å². The van der Waals surface area contributed by atoms with Crippen molar-refractivity contribution in [3.63, 3.8) is 0 Å². The summed E-state index contributed by atoms with van der Waals surface area (Å²) in [4.78, 5) is 28.6. The summed E-state index contributed by atoms with van der Waals surface area (Å²) in [7, 11) is 0. The predicted octanol–water partition coefficient (Wildman–Crippen LogP) is 3.68. The van der Waals surface area contributed by atoms with E-state index in [0.29, 0.717) is 12.5 Å². The summed E-state index contributed by atoms with van der Waals surface area (Å²) in [6.45, 7) is 7.59. The number of hydrogen-bond acceptors (Lipinski definition) is 3. The third kappa shape index (κ3) is 3.66. The summed E-state index contributed by atoms with van der Waals surface area (Å²) in [5.74, 6) is 0.419. The van der Waals surface area contributed by atoms with Crippen LogP contribution in [0.4, 0.5) is 0 Å². The van der Waals surface area contributed by atoms with Crippen LogP contribution in [0.3, 0.4) is 0 Å². The predicted molar refractivity (Wildman–Crippen MR) is 119 cm³/mol. The highest BCUT2D eigenvalue weighted by atomic mass is 16.2. The quantitative estimate of drug-likeness (QED) is 0.775. The van der Waals surface area contributed by atoms with Gasteiger partial charge in [0.25, 0.3) is 5.91 Å². The van der Waals surface area contributed by atoms with Gasteiger partial charge in [-0.15, -0.1) is 0 Å². The maximum absolute atomic E-state index is 13.5. The van der Waals surface area contributed by atoms with Crippen molar-refractivity contribution in [3.05, 3.63) is 52.3 Å². The van der Waals surface area contributed by atoms with Gasteiger partial charge < -0.3 is 10.2 Å². The van der Waals surface area contributed by atoms with E-state index in [9.17, 15) is 9.59 Å². The SMILES string of the molecule is Cc1ccc(C(C)C)cc1C(=O)NCC1CC2(CC2)CN1C(=O)C1CCc2cn[nH]c21. The number of fused-ring (bicyclic) bond motifs is 1. The van der Waals surface area contributed by atoms with Crippen molar-refractivity contribution in [3.8, 4) is 0 Å². The Labute approximate surface area is 183 Å². The number of amides is 2. The van der Waals surface area contributed by atoms with Gasteiger partial charge in [-0.1, -0.05) is 26.0 Å². The van der Waals surface area contributed by atoms with E-state index in [1.165, 1.54) is 24.0 Å². The molecule has 2 atom stereocenters. The number of rotatable bonds is 5. The van der Waals surface area contributed by atoms with Gasteiger partial charge in [-0.05, 0) is 73.1 Å². The molecule has 164 valence electrons. The molecule has 3 aliphatic rings. The summed E-state index contributed by atoms with van der Waals surface area (Å²) in [5, 5.41) is 10.3. The van der Waals surface area contributed by atoms with Crippen molar-refractivity contribution in [1.29, 1.82) is 0 Å². The maximum atomic E-state index is 13.5. The molecule has 1 spiro atoms. The Bertz CT molecular complexity index is 1020. The van der Waals surface area contributed by atoms with E-state index in [2.05, 4.69) is 40.3 Å². The molecule has 5 rings (SSSR count). The molecule has 2 fully saturated rings. The van der Waals surface area contributed by atoms with Crippen LogP contribution < -0.4 is 5.32 Å². The number of nitrogens with zero attached hydrogens (tertiary/aromatic N) is 2. The van der Waals surface area contributed by atoms with Gasteiger partial charge in [0.05, 0.1) is 17.8 Å². The molecule has 2 amide bonds. The van der Waals surface area contributed by atoms with E-state index in [4.69, 9.17) is 0 Å². The van der Waals surface area contributed by atoms with Gasteiger partial charge in [-0.3, -0.25) is 14.7 Å². The third-order valence-electron chi connectivity index (χ3n) is 7.63. The average molecular weight is 421 g/mol. The Balaban J connectivity index is 1.30. The highest BCUT2D eigenvalue weighted by Crippen LogP contribution is 2.55. The lowest BCUT2D eigenvalue weighted by molar-refractivity contribution is -0.133. The molecule has 6 nitrogen and oxygen atoms in total. The molecule has 2 aromatic rings. The summed E-state index contributed by atoms with van der Waals surface area (Å²) in [6, 6.07) is 6.19. The van der Waals surface area contributed by atoms with Gasteiger partial charge in [-0.2, -0.15) is 5.10 Å². The van der Waals surface area contributed by atoms with Gasteiger partial charge in [0.2, 0.25) is 5.91 Å². The lowest BCUT2D eigenvalue weighted by Gasteiger charge is -2.27. The Kier molecular flexibility index (Phi) is 4.91. The molecule has 2 unspecified atom stereocenters. The van der Waals surface area contributed by atoms with Crippen molar-refractivity contribution in [2.75, 3.05) is 13.1 Å². The summed E-state index contributed by atoms with van der Waals surface area (Å²) in [5.41, 5.74) is 5.34. The lowest BCUT2D eigenvalue weighted by Crippen LogP contribution is -2.45. The topological polar surface area (TPSA) is 78.1 Å². The molecule has 1 saturated heterocycles. The molecule has 0 bridgehead atoms. The highest BCUT2D eigenvalue weighted by molar-refractivity contribution is 5.96. The number of aromatic nitrogens is 2. The molecule has 1 aromatic heterocycles. The van der Waals surface area contributed by atoms with Crippen LogP contribution in [0, 0.1) is 12.3 Å². The Morgan fingerprint density at radius 1 is 1.32 bits per heavy atom. The third-order valence-corrected chi connectivity index (χ3v) is 7.63. The monoisotopic (exact) mass is 420 g/mol. The van der Waals surface area contributed by atoms with Crippen molar-refractivity contribution >= 4 is 11.8 Å². The minimum atomic E-state index is -0.116. The molecule has 2 N–H and O–H groups in total. The van der Waals surface area contributed by atoms with Crippen molar-refractivity contribution < 1.29 is 9.59 Å². The van der Waals surface area contributed by atoms with E-state index in [1.807, 2.05) is 25.3 Å². The van der Waals surface area contributed by atoms with Gasteiger partial charge in [0, 0.05) is 24.7 Å². The Morgan fingerprint density at radius 3 is 2.87 bits per heavy atom. The number of H-pyrrole nitrogens is 1. The summed E-state index contributed by atoms with van der Waals surface area (Å²) >= 11 is 0. The van der Waals surface area contributed by atoms with E-state index in [-0.39, 0.29) is 29.2 Å². The van der Waals surface area contributed by atoms with Crippen molar-refractivity contribution in [2.24, 2.45) is 5.41 Å². The Hall–Kier alpha value is -2.63. The summed E-state index contributed by atoms with van der Waals surface area (Å²) in [6.07, 6.45) is 6.99. The van der Waals surface area contributed by atoms with Crippen LogP contribution >= 0.6 is 0 Å². The number of carbonyl (C=O) groups is 2. The fourth-order valence-corrected chi connectivity index (χ4v) is 5.41. The first-order chi connectivity index (χ1) is 14.9. The van der Waals surface area contributed by atoms with Crippen LogP contribution in [0.2, 0.25) is 0 Å². The van der Waals surface area contributed by atoms with Gasteiger partial charge in [0.15, 0.2) is 0 Å². The minimum absolute atomic E-state index is 0.0409. The highest BCUT2D eigenvalue weighted by Gasteiger charge is 2.54. The maximum Gasteiger partial charge on any atom is 0.251 e. The number of benzene rings is 1. The standard InChI is InChI=1S/C25H32N4O2/c1-15(2)17-5-4-16(3)21(10-17)23(30)26-13-19-11-25(8-9-25)14-29(19)24(31)20-7-6-18-12-27-28-22(18)20/h4-5,10,12,15,19-20H,6-9,11,13-14H2,1-3H3,(H,26,30)(H,27,28). The molecular formula is C25H32N4O2.